The van der Waals surface area contributed by atoms with Gasteiger partial charge in [-0.05, 0) is 62.2 Å². The van der Waals surface area contributed by atoms with Crippen molar-refractivity contribution in [1.29, 1.82) is 0 Å². The summed E-state index contributed by atoms with van der Waals surface area (Å²) in [4.78, 5) is 27.9. The molecular weight excluding hydrogens is 614 g/mol. The van der Waals surface area contributed by atoms with Crippen LogP contribution in [-0.4, -0.2) is 43.8 Å². The van der Waals surface area contributed by atoms with E-state index in [0.29, 0.717) is 27.4 Å². The SMILES string of the molecule is CCC(C)NC(=O)C(C)N(Cc1ccccc1Cl)C(=O)CN(c1ccc(Cl)c(C(F)(F)F)c1)S(=O)(=O)c1ccccc1. The molecule has 0 bridgehead atoms. The van der Waals surface area contributed by atoms with E-state index in [9.17, 15) is 31.2 Å². The first kappa shape index (κ1) is 33.2. The summed E-state index contributed by atoms with van der Waals surface area (Å²) in [5.74, 6) is -1.34. The number of halogens is 5. The lowest BCUT2D eigenvalue weighted by molar-refractivity contribution is -0.139. The van der Waals surface area contributed by atoms with E-state index in [1.54, 1.807) is 37.3 Å². The van der Waals surface area contributed by atoms with Crippen LogP contribution in [0.15, 0.2) is 77.7 Å². The Morgan fingerprint density at radius 1 is 0.929 bits per heavy atom. The molecular formula is C29H30Cl2F3N3O4S. The van der Waals surface area contributed by atoms with Gasteiger partial charge in [0.1, 0.15) is 12.6 Å². The molecule has 3 aromatic carbocycles. The van der Waals surface area contributed by atoms with Crippen molar-refractivity contribution in [3.63, 3.8) is 0 Å². The van der Waals surface area contributed by atoms with Crippen molar-refractivity contribution in [2.45, 2.75) is 56.9 Å². The summed E-state index contributed by atoms with van der Waals surface area (Å²) in [6.45, 7) is 4.06. The van der Waals surface area contributed by atoms with Crippen molar-refractivity contribution >= 4 is 50.7 Å². The Labute approximate surface area is 253 Å². The smallest absolute Gasteiger partial charge is 0.352 e. The van der Waals surface area contributed by atoms with Crippen LogP contribution in [0.25, 0.3) is 0 Å². The minimum atomic E-state index is -4.89. The highest BCUT2D eigenvalue weighted by Gasteiger charge is 2.37. The maximum absolute atomic E-state index is 13.9. The zero-order chi connectivity index (χ0) is 31.2. The van der Waals surface area contributed by atoms with Crippen LogP contribution in [-0.2, 0) is 32.3 Å². The van der Waals surface area contributed by atoms with Crippen molar-refractivity contribution in [3.8, 4) is 0 Å². The van der Waals surface area contributed by atoms with Gasteiger partial charge in [-0.3, -0.25) is 13.9 Å². The fourth-order valence-corrected chi connectivity index (χ4v) is 5.84. The molecule has 0 saturated heterocycles. The first-order valence-corrected chi connectivity index (χ1v) is 15.1. The number of nitrogens with one attached hydrogen (secondary N) is 1. The van der Waals surface area contributed by atoms with Gasteiger partial charge in [0.05, 0.1) is 21.2 Å². The number of anilines is 1. The fraction of sp³-hybridized carbons (Fsp3) is 0.310. The number of rotatable bonds is 11. The van der Waals surface area contributed by atoms with Gasteiger partial charge >= 0.3 is 6.18 Å². The number of alkyl halides is 3. The summed E-state index contributed by atoms with van der Waals surface area (Å²) in [7, 11) is -4.56. The third-order valence-corrected chi connectivity index (χ3v) is 9.11. The van der Waals surface area contributed by atoms with Crippen LogP contribution in [0.3, 0.4) is 0 Å². The number of carbonyl (C=O) groups is 2. The maximum Gasteiger partial charge on any atom is 0.417 e. The first-order chi connectivity index (χ1) is 19.7. The molecule has 0 saturated carbocycles. The Morgan fingerprint density at radius 3 is 2.14 bits per heavy atom. The van der Waals surface area contributed by atoms with Gasteiger partial charge in [0.25, 0.3) is 10.0 Å². The molecule has 3 rings (SSSR count). The van der Waals surface area contributed by atoms with Crippen LogP contribution in [0, 0.1) is 0 Å². The maximum atomic E-state index is 13.9. The average molecular weight is 645 g/mol. The van der Waals surface area contributed by atoms with Gasteiger partial charge in [-0.15, -0.1) is 0 Å². The normalized spacial score (nSPS) is 13.2. The third kappa shape index (κ3) is 7.96. The second-order valence-corrected chi connectivity index (χ2v) is 12.3. The molecule has 0 aliphatic rings. The van der Waals surface area contributed by atoms with Gasteiger partial charge < -0.3 is 10.2 Å². The van der Waals surface area contributed by atoms with Crippen molar-refractivity contribution in [2.75, 3.05) is 10.8 Å². The Bertz CT molecular complexity index is 1520. The van der Waals surface area contributed by atoms with E-state index in [4.69, 9.17) is 23.2 Å². The largest absolute Gasteiger partial charge is 0.417 e. The Hall–Kier alpha value is -3.28. The van der Waals surface area contributed by atoms with Crippen LogP contribution >= 0.6 is 23.2 Å². The van der Waals surface area contributed by atoms with Crippen molar-refractivity contribution in [2.24, 2.45) is 0 Å². The van der Waals surface area contributed by atoms with Crippen LogP contribution in [0.2, 0.25) is 10.0 Å². The summed E-state index contributed by atoms with van der Waals surface area (Å²) < 4.78 is 69.3. The molecule has 0 aliphatic heterocycles. The van der Waals surface area contributed by atoms with E-state index < -0.39 is 56.9 Å². The molecule has 7 nitrogen and oxygen atoms in total. The topological polar surface area (TPSA) is 86.8 Å². The minimum Gasteiger partial charge on any atom is -0.352 e. The minimum absolute atomic E-state index is 0.165. The molecule has 0 spiro atoms. The standard InChI is InChI=1S/C29H30Cl2F3N3O4S/c1-4-19(2)35-28(39)20(3)36(17-21-10-8-9-13-25(21)30)27(38)18-37(42(40,41)23-11-6-5-7-12-23)22-14-15-26(31)24(16-22)29(32,33)34/h5-16,19-20H,4,17-18H2,1-3H3,(H,35,39). The quantitative estimate of drug-likeness (QED) is 0.257. The van der Waals surface area contributed by atoms with Gasteiger partial charge in [-0.25, -0.2) is 8.42 Å². The number of nitrogens with zero attached hydrogens (tertiary/aromatic N) is 2. The molecule has 2 amide bonds. The number of amides is 2. The predicted octanol–water partition coefficient (Wildman–Crippen LogP) is 6.54. The second-order valence-electron chi connectivity index (χ2n) is 9.59. The Kier molecular flexibility index (Phi) is 10.9. The lowest BCUT2D eigenvalue weighted by Gasteiger charge is -2.32. The average Bonchev–Trinajstić information content (AvgIpc) is 2.95. The highest BCUT2D eigenvalue weighted by Crippen LogP contribution is 2.38. The number of hydrogen-bond acceptors (Lipinski definition) is 4. The lowest BCUT2D eigenvalue weighted by Crippen LogP contribution is -2.52. The van der Waals surface area contributed by atoms with Crippen molar-refractivity contribution in [3.05, 3.63) is 94.0 Å². The Morgan fingerprint density at radius 2 is 1.55 bits per heavy atom. The third-order valence-electron chi connectivity index (χ3n) is 6.62. The van der Waals surface area contributed by atoms with Gasteiger partial charge in [-0.1, -0.05) is 66.5 Å². The Balaban J connectivity index is 2.11. The van der Waals surface area contributed by atoms with Crippen LogP contribution in [0.4, 0.5) is 18.9 Å². The monoisotopic (exact) mass is 643 g/mol. The first-order valence-electron chi connectivity index (χ1n) is 12.9. The molecule has 13 heteroatoms. The summed E-state index contributed by atoms with van der Waals surface area (Å²) in [5, 5.41) is 2.48. The van der Waals surface area contributed by atoms with Gasteiger partial charge in [0.15, 0.2) is 0 Å². The van der Waals surface area contributed by atoms with E-state index in [1.165, 1.54) is 31.2 Å². The number of benzene rings is 3. The van der Waals surface area contributed by atoms with Crippen LogP contribution < -0.4 is 9.62 Å². The molecule has 0 aromatic heterocycles. The highest BCUT2D eigenvalue weighted by molar-refractivity contribution is 7.92. The number of carbonyl (C=O) groups excluding carboxylic acids is 2. The molecule has 0 heterocycles. The van der Waals surface area contributed by atoms with E-state index in [2.05, 4.69) is 5.32 Å². The summed E-state index contributed by atoms with van der Waals surface area (Å²) >= 11 is 12.1. The number of sulfonamides is 1. The molecule has 226 valence electrons. The zero-order valence-electron chi connectivity index (χ0n) is 23.0. The zero-order valence-corrected chi connectivity index (χ0v) is 25.4. The molecule has 42 heavy (non-hydrogen) atoms. The van der Waals surface area contributed by atoms with E-state index >= 15 is 0 Å². The summed E-state index contributed by atoms with van der Waals surface area (Å²) in [6, 6.07) is 14.9. The number of hydrogen-bond donors (Lipinski definition) is 1. The molecule has 1 N–H and O–H groups in total. The highest BCUT2D eigenvalue weighted by atomic mass is 35.5. The van der Waals surface area contributed by atoms with Gasteiger partial charge in [0.2, 0.25) is 11.8 Å². The van der Waals surface area contributed by atoms with Crippen LogP contribution in [0.1, 0.15) is 38.3 Å². The second kappa shape index (κ2) is 13.8. The van der Waals surface area contributed by atoms with Gasteiger partial charge in [0, 0.05) is 17.6 Å². The van der Waals surface area contributed by atoms with Gasteiger partial charge in [-0.2, -0.15) is 13.2 Å². The van der Waals surface area contributed by atoms with E-state index in [1.807, 2.05) is 6.92 Å². The summed E-state index contributed by atoms with van der Waals surface area (Å²) in [6.07, 6.45) is -4.27. The molecule has 2 atom stereocenters. The van der Waals surface area contributed by atoms with E-state index in [-0.39, 0.29) is 17.5 Å². The molecule has 0 radical (unpaired) electrons. The van der Waals surface area contributed by atoms with Crippen molar-refractivity contribution in [1.82, 2.24) is 10.2 Å². The predicted molar refractivity (Wildman–Crippen MR) is 157 cm³/mol. The molecule has 2 unspecified atom stereocenters. The van der Waals surface area contributed by atoms with Crippen molar-refractivity contribution < 1.29 is 31.2 Å². The van der Waals surface area contributed by atoms with E-state index in [0.717, 1.165) is 17.0 Å². The fourth-order valence-electron chi connectivity index (χ4n) is 3.99. The molecule has 3 aromatic rings. The molecule has 0 aliphatic carbocycles. The molecule has 0 fully saturated rings. The van der Waals surface area contributed by atoms with Crippen LogP contribution in [0.5, 0.6) is 0 Å². The summed E-state index contributed by atoms with van der Waals surface area (Å²) in [5.41, 5.74) is -1.21. The lowest BCUT2D eigenvalue weighted by atomic mass is 10.1.